The zero-order valence-electron chi connectivity index (χ0n) is 5.68. The largest absolute Gasteiger partial charge is 0.228 e. The van der Waals surface area contributed by atoms with E-state index in [2.05, 4.69) is 0 Å². The lowest BCUT2D eigenvalue weighted by Crippen LogP contribution is -1.99. The second-order valence-corrected chi connectivity index (χ2v) is 3.03. The molecule has 11 heavy (non-hydrogen) atoms. The smallest absolute Gasteiger partial charge is 0.193 e. The van der Waals surface area contributed by atoms with Gasteiger partial charge in [-0.15, -0.1) is 11.6 Å². The predicted molar refractivity (Wildman–Crippen MR) is 45.8 cm³/mol. The van der Waals surface area contributed by atoms with Crippen LogP contribution in [0.15, 0.2) is 30.3 Å². The van der Waals surface area contributed by atoms with Crippen molar-refractivity contribution >= 4 is 23.2 Å². The van der Waals surface area contributed by atoms with Crippen molar-refractivity contribution in [2.45, 2.75) is 11.0 Å². The van der Waals surface area contributed by atoms with E-state index < -0.39 is 11.0 Å². The molecule has 0 aliphatic rings. The molecule has 1 aromatic carbocycles. The highest BCUT2D eigenvalue weighted by molar-refractivity contribution is 6.29. The van der Waals surface area contributed by atoms with Crippen molar-refractivity contribution in [1.29, 1.82) is 0 Å². The zero-order valence-corrected chi connectivity index (χ0v) is 7.19. The first-order valence-corrected chi connectivity index (χ1v) is 4.06. The van der Waals surface area contributed by atoms with E-state index in [1.807, 2.05) is 6.07 Å². The van der Waals surface area contributed by atoms with Crippen LogP contribution in [0.5, 0.6) is 0 Å². The second-order valence-electron chi connectivity index (χ2n) is 2.15. The van der Waals surface area contributed by atoms with Crippen LogP contribution < -0.4 is 0 Å². The Labute approximate surface area is 74.9 Å². The zero-order chi connectivity index (χ0) is 8.27. The Hall–Kier alpha value is -0.270. The van der Waals surface area contributed by atoms with Gasteiger partial charge in [-0.1, -0.05) is 41.9 Å². The minimum atomic E-state index is -1.53. The van der Waals surface area contributed by atoms with Crippen molar-refractivity contribution < 1.29 is 4.39 Å². The molecule has 0 N–H and O–H groups in total. The van der Waals surface area contributed by atoms with Crippen LogP contribution in [-0.4, -0.2) is 5.63 Å². The highest BCUT2D eigenvalue weighted by Crippen LogP contribution is 2.28. The van der Waals surface area contributed by atoms with Gasteiger partial charge in [-0.2, -0.15) is 0 Å². The van der Waals surface area contributed by atoms with E-state index in [-0.39, 0.29) is 0 Å². The second kappa shape index (κ2) is 3.93. The van der Waals surface area contributed by atoms with Crippen molar-refractivity contribution in [3.8, 4) is 0 Å². The lowest BCUT2D eigenvalue weighted by atomic mass is 10.2. The Kier molecular flexibility index (Phi) is 3.16. The molecule has 60 valence electrons. The lowest BCUT2D eigenvalue weighted by molar-refractivity contribution is 0.433. The summed E-state index contributed by atoms with van der Waals surface area (Å²) in [4.78, 5) is 0. The molecule has 0 saturated carbocycles. The fourth-order valence-corrected chi connectivity index (χ4v) is 1.07. The van der Waals surface area contributed by atoms with E-state index in [4.69, 9.17) is 23.2 Å². The molecule has 3 heteroatoms. The Balaban J connectivity index is 2.77. The summed E-state index contributed by atoms with van der Waals surface area (Å²) < 4.78 is 12.4. The van der Waals surface area contributed by atoms with Crippen LogP contribution in [0.4, 0.5) is 4.39 Å². The van der Waals surface area contributed by atoms with Crippen molar-refractivity contribution in [3.05, 3.63) is 35.9 Å². The molecule has 2 unspecified atom stereocenters. The first kappa shape index (κ1) is 8.82. The standard InChI is InChI=1S/C8H7Cl2F/c9-7(8(10)11)6-4-2-1-3-5-6/h1-5,7-8H. The van der Waals surface area contributed by atoms with Gasteiger partial charge in [0, 0.05) is 0 Å². The fourth-order valence-electron chi connectivity index (χ4n) is 0.782. The molecule has 0 heterocycles. The van der Waals surface area contributed by atoms with Gasteiger partial charge in [0.1, 0.15) is 5.38 Å². The summed E-state index contributed by atoms with van der Waals surface area (Å²) >= 11 is 10.8. The maximum Gasteiger partial charge on any atom is 0.193 e. The van der Waals surface area contributed by atoms with E-state index >= 15 is 0 Å². The average Bonchev–Trinajstić information content (AvgIpc) is 2.05. The van der Waals surface area contributed by atoms with Crippen LogP contribution in [0.1, 0.15) is 10.9 Å². The van der Waals surface area contributed by atoms with Gasteiger partial charge in [0.15, 0.2) is 5.63 Å². The Morgan fingerprint density at radius 2 is 1.64 bits per heavy atom. The van der Waals surface area contributed by atoms with Gasteiger partial charge >= 0.3 is 0 Å². The van der Waals surface area contributed by atoms with E-state index in [1.165, 1.54) is 0 Å². The number of hydrogen-bond donors (Lipinski definition) is 0. The Bertz CT molecular complexity index is 211. The molecule has 0 aliphatic heterocycles. The first-order valence-electron chi connectivity index (χ1n) is 3.19. The molecule has 0 bridgehead atoms. The van der Waals surface area contributed by atoms with Crippen molar-refractivity contribution in [3.63, 3.8) is 0 Å². The van der Waals surface area contributed by atoms with Gasteiger partial charge in [-0.3, -0.25) is 0 Å². The summed E-state index contributed by atoms with van der Waals surface area (Å²) in [5, 5.41) is -0.752. The average molecular weight is 193 g/mol. The number of benzene rings is 1. The quantitative estimate of drug-likeness (QED) is 0.630. The minimum absolute atomic E-state index is 0.705. The fraction of sp³-hybridized carbons (Fsp3) is 0.250. The molecule has 0 aliphatic carbocycles. The first-order chi connectivity index (χ1) is 5.22. The molecular weight excluding hydrogens is 186 g/mol. The molecule has 2 atom stereocenters. The molecule has 0 radical (unpaired) electrons. The number of hydrogen-bond acceptors (Lipinski definition) is 0. The molecule has 0 nitrogen and oxygen atoms in total. The van der Waals surface area contributed by atoms with Crippen LogP contribution in [0, 0.1) is 0 Å². The van der Waals surface area contributed by atoms with Crippen LogP contribution in [0.2, 0.25) is 0 Å². The van der Waals surface area contributed by atoms with Crippen LogP contribution >= 0.6 is 23.2 Å². The van der Waals surface area contributed by atoms with E-state index in [0.717, 1.165) is 0 Å². The summed E-state index contributed by atoms with van der Waals surface area (Å²) in [6.07, 6.45) is 0. The van der Waals surface area contributed by atoms with Crippen molar-refractivity contribution in [2.24, 2.45) is 0 Å². The highest BCUT2D eigenvalue weighted by atomic mass is 35.5. The Morgan fingerprint density at radius 1 is 1.09 bits per heavy atom. The predicted octanol–water partition coefficient (Wildman–Crippen LogP) is 3.50. The summed E-state index contributed by atoms with van der Waals surface area (Å²) in [5.74, 6) is 0. The number of halogens is 3. The summed E-state index contributed by atoms with van der Waals surface area (Å²) in [6, 6.07) is 8.92. The van der Waals surface area contributed by atoms with Crippen LogP contribution in [0.25, 0.3) is 0 Å². The highest BCUT2D eigenvalue weighted by Gasteiger charge is 2.16. The summed E-state index contributed by atoms with van der Waals surface area (Å²) in [5.41, 5.74) is -0.823. The van der Waals surface area contributed by atoms with Gasteiger partial charge in [0.2, 0.25) is 0 Å². The molecule has 0 spiro atoms. The lowest BCUT2D eigenvalue weighted by Gasteiger charge is -2.07. The van der Waals surface area contributed by atoms with Gasteiger partial charge in [0.25, 0.3) is 0 Å². The summed E-state index contributed by atoms with van der Waals surface area (Å²) in [6.45, 7) is 0. The van der Waals surface area contributed by atoms with Crippen molar-refractivity contribution in [1.82, 2.24) is 0 Å². The normalized spacial score (nSPS) is 15.9. The van der Waals surface area contributed by atoms with Gasteiger partial charge in [0.05, 0.1) is 0 Å². The van der Waals surface area contributed by atoms with Gasteiger partial charge < -0.3 is 0 Å². The van der Waals surface area contributed by atoms with Crippen LogP contribution in [0.3, 0.4) is 0 Å². The third-order valence-electron chi connectivity index (χ3n) is 1.34. The number of rotatable bonds is 2. The third-order valence-corrected chi connectivity index (χ3v) is 2.19. The molecule has 0 aromatic heterocycles. The van der Waals surface area contributed by atoms with Crippen LogP contribution in [-0.2, 0) is 0 Å². The molecule has 0 fully saturated rings. The molecule has 1 rings (SSSR count). The van der Waals surface area contributed by atoms with E-state index in [0.29, 0.717) is 5.56 Å². The molecule has 1 aromatic rings. The SMILES string of the molecule is FC(Cl)C(Cl)c1ccccc1. The third kappa shape index (κ3) is 2.35. The minimum Gasteiger partial charge on any atom is -0.228 e. The summed E-state index contributed by atoms with van der Waals surface area (Å²) in [7, 11) is 0. The monoisotopic (exact) mass is 192 g/mol. The molecular formula is C8H7Cl2F. The maximum absolute atomic E-state index is 12.4. The van der Waals surface area contributed by atoms with E-state index in [1.54, 1.807) is 24.3 Å². The van der Waals surface area contributed by atoms with E-state index in [9.17, 15) is 4.39 Å². The molecule has 0 saturated heterocycles. The Morgan fingerprint density at radius 3 is 2.09 bits per heavy atom. The van der Waals surface area contributed by atoms with Crippen molar-refractivity contribution in [2.75, 3.05) is 0 Å². The van der Waals surface area contributed by atoms with Gasteiger partial charge in [-0.25, -0.2) is 4.39 Å². The molecule has 0 amide bonds. The topological polar surface area (TPSA) is 0 Å². The number of alkyl halides is 3. The maximum atomic E-state index is 12.4. The van der Waals surface area contributed by atoms with Gasteiger partial charge in [-0.05, 0) is 5.56 Å².